The lowest BCUT2D eigenvalue weighted by molar-refractivity contribution is 0.531. The Labute approximate surface area is 174 Å². The van der Waals surface area contributed by atoms with Crippen LogP contribution in [0, 0.1) is 0 Å². The number of rotatable bonds is 0. The van der Waals surface area contributed by atoms with E-state index in [1.54, 1.807) is 0 Å². The Hall–Kier alpha value is -1.70. The minimum atomic E-state index is 0.140. The van der Waals surface area contributed by atoms with Crippen molar-refractivity contribution in [3.8, 4) is 0 Å². The molecule has 0 fully saturated rings. The van der Waals surface area contributed by atoms with Crippen molar-refractivity contribution >= 4 is 0 Å². The number of hydrogen-bond donors (Lipinski definition) is 0. The molecule has 28 heavy (non-hydrogen) atoms. The fourth-order valence-electron chi connectivity index (χ4n) is 2.54. The maximum atomic E-state index is 4.72. The standard InChI is InChI=1S/2C13H21N/c2*1-12(2,3)10-8-7-9-11(14-10)13(4,5)6/h2*7-9H,1-6H3. The summed E-state index contributed by atoms with van der Waals surface area (Å²) in [4.78, 5) is 9.43. The molecule has 2 aromatic rings. The summed E-state index contributed by atoms with van der Waals surface area (Å²) in [7, 11) is 0. The van der Waals surface area contributed by atoms with Gasteiger partial charge in [0.1, 0.15) is 0 Å². The lowest BCUT2D eigenvalue weighted by atomic mass is 9.88. The van der Waals surface area contributed by atoms with E-state index in [-0.39, 0.29) is 21.7 Å². The average molecular weight is 383 g/mol. The van der Waals surface area contributed by atoms with E-state index < -0.39 is 0 Å². The lowest BCUT2D eigenvalue weighted by Gasteiger charge is -2.23. The Morgan fingerprint density at radius 3 is 0.714 bits per heavy atom. The van der Waals surface area contributed by atoms with Crippen molar-refractivity contribution < 1.29 is 0 Å². The minimum absolute atomic E-state index is 0.140. The van der Waals surface area contributed by atoms with Gasteiger partial charge in [-0.25, -0.2) is 0 Å². The summed E-state index contributed by atoms with van der Waals surface area (Å²) in [6, 6.07) is 12.6. The van der Waals surface area contributed by atoms with Crippen LogP contribution in [-0.4, -0.2) is 9.97 Å². The van der Waals surface area contributed by atoms with Gasteiger partial charge >= 0.3 is 0 Å². The highest BCUT2D eigenvalue weighted by Gasteiger charge is 2.21. The molecule has 2 rings (SSSR count). The molecule has 2 heterocycles. The minimum Gasteiger partial charge on any atom is -0.257 e. The predicted octanol–water partition coefficient (Wildman–Crippen LogP) is 7.35. The van der Waals surface area contributed by atoms with Gasteiger partial charge in [-0.15, -0.1) is 0 Å². The molecule has 0 radical (unpaired) electrons. The van der Waals surface area contributed by atoms with Crippen molar-refractivity contribution in [3.05, 3.63) is 59.2 Å². The molecule has 156 valence electrons. The van der Waals surface area contributed by atoms with Gasteiger partial charge in [-0.05, 0) is 24.3 Å². The third-order valence-electron chi connectivity index (χ3n) is 4.57. The van der Waals surface area contributed by atoms with Crippen LogP contribution in [0.25, 0.3) is 0 Å². The molecule has 0 unspecified atom stereocenters. The fraction of sp³-hybridized carbons (Fsp3) is 0.615. The maximum Gasteiger partial charge on any atom is 0.0460 e. The molecule has 0 saturated carbocycles. The van der Waals surface area contributed by atoms with E-state index in [2.05, 4.69) is 119 Å². The van der Waals surface area contributed by atoms with Crippen LogP contribution >= 0.6 is 0 Å². The highest BCUT2D eigenvalue weighted by atomic mass is 14.8. The van der Waals surface area contributed by atoms with Crippen molar-refractivity contribution in [1.29, 1.82) is 0 Å². The van der Waals surface area contributed by atoms with Gasteiger partial charge in [-0.2, -0.15) is 0 Å². The SMILES string of the molecule is CC(C)(C)c1cccc(C(C)(C)C)n1.CC(C)(C)c1cccc(C(C)(C)C)n1. The van der Waals surface area contributed by atoms with E-state index in [9.17, 15) is 0 Å². The van der Waals surface area contributed by atoms with E-state index in [1.165, 1.54) is 22.8 Å². The van der Waals surface area contributed by atoms with Crippen molar-refractivity contribution in [1.82, 2.24) is 9.97 Å². The Kier molecular flexibility index (Phi) is 7.26. The van der Waals surface area contributed by atoms with E-state index in [0.29, 0.717) is 0 Å². The summed E-state index contributed by atoms with van der Waals surface area (Å²) >= 11 is 0. The second-order valence-electron chi connectivity index (χ2n) is 11.8. The molecule has 0 atom stereocenters. The molecule has 0 amide bonds. The number of pyridine rings is 2. The summed E-state index contributed by atoms with van der Waals surface area (Å²) in [6.45, 7) is 26.4. The largest absolute Gasteiger partial charge is 0.257 e. The number of nitrogens with zero attached hydrogens (tertiary/aromatic N) is 2. The van der Waals surface area contributed by atoms with Crippen LogP contribution in [0.2, 0.25) is 0 Å². The first-order chi connectivity index (χ1) is 12.4. The van der Waals surface area contributed by atoms with Crippen LogP contribution in [0.5, 0.6) is 0 Å². The second kappa shape index (κ2) is 8.35. The Morgan fingerprint density at radius 1 is 0.393 bits per heavy atom. The van der Waals surface area contributed by atoms with E-state index in [4.69, 9.17) is 9.97 Å². The van der Waals surface area contributed by atoms with Crippen LogP contribution in [0.1, 0.15) is 106 Å². The van der Waals surface area contributed by atoms with Gasteiger partial charge < -0.3 is 0 Å². The van der Waals surface area contributed by atoms with Gasteiger partial charge in [0.2, 0.25) is 0 Å². The highest BCUT2D eigenvalue weighted by molar-refractivity contribution is 5.22. The van der Waals surface area contributed by atoms with Crippen molar-refractivity contribution in [2.45, 2.75) is 105 Å². The molecule has 2 nitrogen and oxygen atoms in total. The first-order valence-corrected chi connectivity index (χ1v) is 10.4. The predicted molar refractivity (Wildman–Crippen MR) is 123 cm³/mol. The first kappa shape index (κ1) is 24.3. The van der Waals surface area contributed by atoms with Crippen molar-refractivity contribution in [2.75, 3.05) is 0 Å². The Balaban J connectivity index is 0.000000280. The van der Waals surface area contributed by atoms with Gasteiger partial charge in [-0.3, -0.25) is 9.97 Å². The molecule has 0 spiro atoms. The third kappa shape index (κ3) is 7.37. The van der Waals surface area contributed by atoms with Crippen LogP contribution < -0.4 is 0 Å². The smallest absolute Gasteiger partial charge is 0.0460 e. The van der Waals surface area contributed by atoms with Crippen molar-refractivity contribution in [3.63, 3.8) is 0 Å². The molecule has 0 saturated heterocycles. The summed E-state index contributed by atoms with van der Waals surface area (Å²) in [5.74, 6) is 0. The van der Waals surface area contributed by atoms with Gasteiger partial charge in [-0.1, -0.05) is 95.2 Å². The van der Waals surface area contributed by atoms with E-state index in [0.717, 1.165) is 0 Å². The van der Waals surface area contributed by atoms with E-state index >= 15 is 0 Å². The fourth-order valence-corrected chi connectivity index (χ4v) is 2.54. The molecule has 0 aliphatic rings. The highest BCUT2D eigenvalue weighted by Crippen LogP contribution is 2.26. The molecule has 0 aliphatic heterocycles. The lowest BCUT2D eigenvalue weighted by Crippen LogP contribution is -2.19. The molecule has 2 heteroatoms. The van der Waals surface area contributed by atoms with Gasteiger partial charge in [0.15, 0.2) is 0 Å². The zero-order valence-corrected chi connectivity index (χ0v) is 20.4. The zero-order valence-electron chi connectivity index (χ0n) is 20.4. The molecular formula is C26H42N2. The summed E-state index contributed by atoms with van der Waals surface area (Å²) in [5, 5.41) is 0. The van der Waals surface area contributed by atoms with Crippen LogP contribution in [-0.2, 0) is 21.7 Å². The molecule has 0 N–H and O–H groups in total. The van der Waals surface area contributed by atoms with Gasteiger partial charge in [0.25, 0.3) is 0 Å². The van der Waals surface area contributed by atoms with Crippen LogP contribution in [0.15, 0.2) is 36.4 Å². The topological polar surface area (TPSA) is 25.8 Å². The van der Waals surface area contributed by atoms with Crippen LogP contribution in [0.4, 0.5) is 0 Å². The molecule has 0 aliphatic carbocycles. The summed E-state index contributed by atoms with van der Waals surface area (Å²) < 4.78 is 0. The number of hydrogen-bond acceptors (Lipinski definition) is 2. The summed E-state index contributed by atoms with van der Waals surface area (Å²) in [6.07, 6.45) is 0. The summed E-state index contributed by atoms with van der Waals surface area (Å²) in [5.41, 5.74) is 5.25. The third-order valence-corrected chi connectivity index (χ3v) is 4.57. The monoisotopic (exact) mass is 382 g/mol. The molecular weight excluding hydrogens is 340 g/mol. The molecule has 2 aromatic heterocycles. The Bertz CT molecular complexity index is 634. The van der Waals surface area contributed by atoms with Gasteiger partial charge in [0, 0.05) is 44.4 Å². The quantitative estimate of drug-likeness (QED) is 0.476. The van der Waals surface area contributed by atoms with E-state index in [1.807, 2.05) is 0 Å². The number of aromatic nitrogens is 2. The zero-order chi connectivity index (χ0) is 22.0. The molecule has 0 aromatic carbocycles. The maximum absolute atomic E-state index is 4.72. The van der Waals surface area contributed by atoms with Gasteiger partial charge in [0.05, 0.1) is 0 Å². The Morgan fingerprint density at radius 2 is 0.571 bits per heavy atom. The first-order valence-electron chi connectivity index (χ1n) is 10.4. The average Bonchev–Trinajstić information content (AvgIpc) is 2.52. The van der Waals surface area contributed by atoms with Crippen LogP contribution in [0.3, 0.4) is 0 Å². The molecule has 0 bridgehead atoms. The second-order valence-corrected chi connectivity index (χ2v) is 11.8. The van der Waals surface area contributed by atoms with Crippen molar-refractivity contribution in [2.24, 2.45) is 0 Å². The normalized spacial score (nSPS) is 13.0.